The van der Waals surface area contributed by atoms with Crippen molar-refractivity contribution < 1.29 is 4.84 Å². The Morgan fingerprint density at radius 2 is 2.36 bits per heavy atom. The number of oxime groups is 1. The molecule has 0 heterocycles. The van der Waals surface area contributed by atoms with E-state index in [2.05, 4.69) is 28.8 Å². The number of unbranched alkanes of at least 4 members (excludes halogenated alkanes) is 3. The SMILES string of the molecule is [CH2]CCCCC#CC=NOC. The van der Waals surface area contributed by atoms with Gasteiger partial charge in [-0.25, -0.2) is 0 Å². The van der Waals surface area contributed by atoms with Crippen LogP contribution in [0.2, 0.25) is 0 Å². The number of hydrogen-bond donors (Lipinski definition) is 0. The van der Waals surface area contributed by atoms with E-state index in [1.807, 2.05) is 0 Å². The highest BCUT2D eigenvalue weighted by atomic mass is 16.6. The Balaban J connectivity index is 3.19. The number of nitrogens with zero attached hydrogens (tertiary/aromatic N) is 1. The van der Waals surface area contributed by atoms with Gasteiger partial charge in [-0.1, -0.05) is 36.8 Å². The van der Waals surface area contributed by atoms with Crippen molar-refractivity contribution in [3.05, 3.63) is 6.92 Å². The Morgan fingerprint density at radius 1 is 1.55 bits per heavy atom. The molecule has 0 aromatic carbocycles. The lowest BCUT2D eigenvalue weighted by Gasteiger charge is -1.86. The molecule has 0 N–H and O–H groups in total. The van der Waals surface area contributed by atoms with Crippen LogP contribution in [-0.4, -0.2) is 13.3 Å². The molecule has 0 fully saturated rings. The average molecular weight is 152 g/mol. The van der Waals surface area contributed by atoms with Crippen LogP contribution in [-0.2, 0) is 4.84 Å². The smallest absolute Gasteiger partial charge is 0.116 e. The third-order valence-electron chi connectivity index (χ3n) is 1.13. The van der Waals surface area contributed by atoms with Gasteiger partial charge in [-0.2, -0.15) is 0 Å². The summed E-state index contributed by atoms with van der Waals surface area (Å²) >= 11 is 0. The van der Waals surface area contributed by atoms with E-state index in [1.165, 1.54) is 13.3 Å². The van der Waals surface area contributed by atoms with Crippen LogP contribution in [0.5, 0.6) is 0 Å². The maximum absolute atomic E-state index is 4.43. The molecule has 2 heteroatoms. The lowest BCUT2D eigenvalue weighted by molar-refractivity contribution is 0.216. The summed E-state index contributed by atoms with van der Waals surface area (Å²) in [7, 11) is 1.50. The molecular formula is C9H14NO. The molecule has 0 aliphatic heterocycles. The van der Waals surface area contributed by atoms with Gasteiger partial charge >= 0.3 is 0 Å². The zero-order valence-electron chi connectivity index (χ0n) is 6.97. The van der Waals surface area contributed by atoms with Crippen LogP contribution in [0.4, 0.5) is 0 Å². The summed E-state index contributed by atoms with van der Waals surface area (Å²) in [5.41, 5.74) is 0. The van der Waals surface area contributed by atoms with Gasteiger partial charge in [0.1, 0.15) is 13.3 Å². The van der Waals surface area contributed by atoms with E-state index in [1.54, 1.807) is 0 Å². The van der Waals surface area contributed by atoms with E-state index in [0.717, 1.165) is 25.7 Å². The Morgan fingerprint density at radius 3 is 3.00 bits per heavy atom. The Hall–Kier alpha value is -0.970. The van der Waals surface area contributed by atoms with E-state index in [4.69, 9.17) is 0 Å². The fourth-order valence-corrected chi connectivity index (χ4v) is 0.587. The van der Waals surface area contributed by atoms with Gasteiger partial charge in [0.25, 0.3) is 0 Å². The van der Waals surface area contributed by atoms with Gasteiger partial charge in [-0.3, -0.25) is 0 Å². The van der Waals surface area contributed by atoms with Crippen molar-refractivity contribution in [1.29, 1.82) is 0 Å². The van der Waals surface area contributed by atoms with Gasteiger partial charge in [0.2, 0.25) is 0 Å². The molecular weight excluding hydrogens is 138 g/mol. The first-order chi connectivity index (χ1) is 5.41. The molecule has 0 bridgehead atoms. The molecule has 0 aromatic heterocycles. The molecule has 2 nitrogen and oxygen atoms in total. The molecule has 0 rings (SSSR count). The average Bonchev–Trinajstić information content (AvgIpc) is 2.03. The first-order valence-electron chi connectivity index (χ1n) is 3.74. The van der Waals surface area contributed by atoms with E-state index in [9.17, 15) is 0 Å². The van der Waals surface area contributed by atoms with Gasteiger partial charge < -0.3 is 4.84 Å². The summed E-state index contributed by atoms with van der Waals surface area (Å²) in [6.07, 6.45) is 5.65. The summed E-state index contributed by atoms with van der Waals surface area (Å²) < 4.78 is 0. The van der Waals surface area contributed by atoms with Crippen molar-refractivity contribution in [2.45, 2.75) is 25.7 Å². The lowest BCUT2D eigenvalue weighted by Crippen LogP contribution is -1.73. The van der Waals surface area contributed by atoms with Crippen molar-refractivity contribution in [3.63, 3.8) is 0 Å². The molecule has 0 amide bonds. The molecule has 0 aromatic rings. The molecule has 0 aliphatic rings. The second-order valence-corrected chi connectivity index (χ2v) is 2.05. The number of hydrogen-bond acceptors (Lipinski definition) is 2. The minimum Gasteiger partial charge on any atom is -0.399 e. The van der Waals surface area contributed by atoms with Gasteiger partial charge in [-0.05, 0) is 6.42 Å². The van der Waals surface area contributed by atoms with Gasteiger partial charge in [0.15, 0.2) is 0 Å². The first-order valence-corrected chi connectivity index (χ1v) is 3.74. The Bertz CT molecular complexity index is 153. The summed E-state index contributed by atoms with van der Waals surface area (Å²) in [4.78, 5) is 4.43. The van der Waals surface area contributed by atoms with Crippen LogP contribution >= 0.6 is 0 Å². The summed E-state index contributed by atoms with van der Waals surface area (Å²) in [5.74, 6) is 5.71. The van der Waals surface area contributed by atoms with Crippen LogP contribution in [0, 0.1) is 18.8 Å². The second-order valence-electron chi connectivity index (χ2n) is 2.05. The molecule has 11 heavy (non-hydrogen) atoms. The third-order valence-corrected chi connectivity index (χ3v) is 1.13. The fraction of sp³-hybridized carbons (Fsp3) is 0.556. The van der Waals surface area contributed by atoms with Crippen LogP contribution in [0.15, 0.2) is 5.16 Å². The molecule has 0 atom stereocenters. The second kappa shape index (κ2) is 9.03. The van der Waals surface area contributed by atoms with Crippen LogP contribution in [0.1, 0.15) is 25.7 Å². The molecule has 0 saturated heterocycles. The predicted octanol–water partition coefficient (Wildman–Crippen LogP) is 2.02. The zero-order valence-corrected chi connectivity index (χ0v) is 6.97. The normalized spacial score (nSPS) is 9.27. The quantitative estimate of drug-likeness (QED) is 0.261. The third kappa shape index (κ3) is 9.03. The topological polar surface area (TPSA) is 21.6 Å². The highest BCUT2D eigenvalue weighted by Crippen LogP contribution is 1.95. The van der Waals surface area contributed by atoms with Crippen LogP contribution in [0.25, 0.3) is 0 Å². The lowest BCUT2D eigenvalue weighted by atomic mass is 10.2. The maximum Gasteiger partial charge on any atom is 0.116 e. The van der Waals surface area contributed by atoms with E-state index in [-0.39, 0.29) is 0 Å². The molecule has 0 unspecified atom stereocenters. The number of rotatable bonds is 4. The van der Waals surface area contributed by atoms with Crippen molar-refractivity contribution in [2.75, 3.05) is 7.11 Å². The van der Waals surface area contributed by atoms with Crippen molar-refractivity contribution >= 4 is 6.21 Å². The van der Waals surface area contributed by atoms with Crippen LogP contribution in [0.3, 0.4) is 0 Å². The molecule has 0 saturated carbocycles. The van der Waals surface area contributed by atoms with E-state index < -0.39 is 0 Å². The highest BCUT2D eigenvalue weighted by Gasteiger charge is 1.79. The predicted molar refractivity (Wildman–Crippen MR) is 47.1 cm³/mol. The molecule has 61 valence electrons. The Kier molecular flexibility index (Phi) is 8.23. The zero-order chi connectivity index (χ0) is 8.36. The van der Waals surface area contributed by atoms with Crippen molar-refractivity contribution in [3.8, 4) is 11.8 Å². The Labute approximate surface area is 68.6 Å². The highest BCUT2D eigenvalue weighted by molar-refractivity contribution is 5.77. The van der Waals surface area contributed by atoms with E-state index in [0.29, 0.717) is 0 Å². The monoisotopic (exact) mass is 152 g/mol. The maximum atomic E-state index is 4.43. The molecule has 0 spiro atoms. The first kappa shape index (κ1) is 10.0. The van der Waals surface area contributed by atoms with Gasteiger partial charge in [-0.15, -0.1) is 0 Å². The molecule has 1 radical (unpaired) electrons. The van der Waals surface area contributed by atoms with Crippen molar-refractivity contribution in [2.24, 2.45) is 5.16 Å². The largest absolute Gasteiger partial charge is 0.399 e. The van der Waals surface area contributed by atoms with E-state index >= 15 is 0 Å². The van der Waals surface area contributed by atoms with Crippen LogP contribution < -0.4 is 0 Å². The minimum absolute atomic E-state index is 0.922. The summed E-state index contributed by atoms with van der Waals surface area (Å²) in [6, 6.07) is 0. The summed E-state index contributed by atoms with van der Waals surface area (Å²) in [5, 5.41) is 3.48. The molecule has 0 aliphatic carbocycles. The van der Waals surface area contributed by atoms with Crippen molar-refractivity contribution in [1.82, 2.24) is 0 Å². The fourth-order valence-electron chi connectivity index (χ4n) is 0.587. The van der Waals surface area contributed by atoms with Gasteiger partial charge in [0, 0.05) is 6.42 Å². The standard InChI is InChI=1S/C9H14NO/c1-3-4-5-6-7-8-9-10-11-2/h9H,1,3-6H2,2H3. The summed E-state index contributed by atoms with van der Waals surface area (Å²) in [6.45, 7) is 3.74. The van der Waals surface area contributed by atoms with Gasteiger partial charge in [0.05, 0.1) is 0 Å². The minimum atomic E-state index is 0.922.